The van der Waals surface area contributed by atoms with Gasteiger partial charge < -0.3 is 9.84 Å². The van der Waals surface area contributed by atoms with Crippen LogP contribution >= 0.6 is 0 Å². The highest BCUT2D eigenvalue weighted by Crippen LogP contribution is 2.28. The summed E-state index contributed by atoms with van der Waals surface area (Å²) in [7, 11) is 1.45. The molecule has 15 heavy (non-hydrogen) atoms. The number of carboxylic acids is 1. The summed E-state index contributed by atoms with van der Waals surface area (Å²) in [5.74, 6) is -0.519. The second kappa shape index (κ2) is 4.88. The summed E-state index contributed by atoms with van der Waals surface area (Å²) in [6.45, 7) is 0. The summed E-state index contributed by atoms with van der Waals surface area (Å²) in [5.41, 5.74) is 9.15. The van der Waals surface area contributed by atoms with Crippen molar-refractivity contribution >= 4 is 11.7 Å². The normalized spacial score (nSPS) is 9.13. The Kier molecular flexibility index (Phi) is 3.54. The fourth-order valence-electron chi connectivity index (χ4n) is 1.15. The van der Waals surface area contributed by atoms with Crippen molar-refractivity contribution in [2.45, 2.75) is 6.42 Å². The molecule has 1 aromatic carbocycles. The van der Waals surface area contributed by atoms with Crippen LogP contribution < -0.4 is 4.74 Å². The average molecular weight is 207 g/mol. The van der Waals surface area contributed by atoms with E-state index in [0.717, 1.165) is 0 Å². The Morgan fingerprint density at radius 1 is 1.67 bits per heavy atom. The van der Waals surface area contributed by atoms with Crippen molar-refractivity contribution in [2.75, 3.05) is 7.11 Å². The molecule has 0 unspecified atom stereocenters. The highest BCUT2D eigenvalue weighted by atomic mass is 16.5. The zero-order valence-electron chi connectivity index (χ0n) is 8.04. The molecule has 0 spiro atoms. The van der Waals surface area contributed by atoms with Gasteiger partial charge in [0, 0.05) is 4.91 Å². The summed E-state index contributed by atoms with van der Waals surface area (Å²) in [6.07, 6.45) is -0.113. The highest BCUT2D eigenvalue weighted by molar-refractivity contribution is 5.71. The molecular formula is C9H9N3O3. The van der Waals surface area contributed by atoms with E-state index >= 15 is 0 Å². The molecule has 0 amide bonds. The Labute approximate surface area is 85.7 Å². The Bertz CT molecular complexity index is 425. The molecular weight excluding hydrogens is 198 g/mol. The first kappa shape index (κ1) is 10.9. The zero-order valence-corrected chi connectivity index (χ0v) is 8.04. The first-order valence-electron chi connectivity index (χ1n) is 4.11. The fraction of sp³-hybridized carbons (Fsp3) is 0.222. The van der Waals surface area contributed by atoms with Gasteiger partial charge in [0.1, 0.15) is 5.75 Å². The van der Waals surface area contributed by atoms with E-state index in [9.17, 15) is 4.79 Å². The Hall–Kier alpha value is -2.20. The topological polar surface area (TPSA) is 95.3 Å². The van der Waals surface area contributed by atoms with Crippen molar-refractivity contribution < 1.29 is 14.6 Å². The van der Waals surface area contributed by atoms with Crippen molar-refractivity contribution in [3.05, 3.63) is 34.2 Å². The van der Waals surface area contributed by atoms with E-state index in [4.69, 9.17) is 15.4 Å². The van der Waals surface area contributed by atoms with Gasteiger partial charge >= 0.3 is 5.97 Å². The Morgan fingerprint density at radius 3 is 2.93 bits per heavy atom. The number of methoxy groups -OCH3 is 1. The minimum atomic E-state index is -0.938. The monoisotopic (exact) mass is 207 g/mol. The van der Waals surface area contributed by atoms with Crippen molar-refractivity contribution in [2.24, 2.45) is 5.11 Å². The molecule has 0 atom stereocenters. The molecule has 0 aliphatic rings. The van der Waals surface area contributed by atoms with Crippen molar-refractivity contribution in [3.63, 3.8) is 0 Å². The molecule has 0 fully saturated rings. The molecule has 6 nitrogen and oxygen atoms in total. The van der Waals surface area contributed by atoms with Crippen molar-refractivity contribution in [3.8, 4) is 5.75 Å². The lowest BCUT2D eigenvalue weighted by molar-refractivity contribution is -0.136. The SMILES string of the molecule is COc1ccc(CC(=O)O)cc1N=[N+]=[N-]. The molecule has 0 saturated carbocycles. The molecule has 0 aliphatic carbocycles. The number of carbonyl (C=O) groups is 1. The van der Waals surface area contributed by atoms with Gasteiger partial charge in [0.05, 0.1) is 19.2 Å². The first-order chi connectivity index (χ1) is 7.17. The van der Waals surface area contributed by atoms with Crippen LogP contribution in [0.3, 0.4) is 0 Å². The number of hydrogen-bond acceptors (Lipinski definition) is 3. The van der Waals surface area contributed by atoms with Crippen LogP contribution in [0.2, 0.25) is 0 Å². The number of benzene rings is 1. The summed E-state index contributed by atoms with van der Waals surface area (Å²) in [4.78, 5) is 13.1. The maximum atomic E-state index is 10.5. The van der Waals surface area contributed by atoms with Crippen LogP contribution in [0.4, 0.5) is 5.69 Å². The van der Waals surface area contributed by atoms with Gasteiger partial charge in [0.2, 0.25) is 0 Å². The molecule has 6 heteroatoms. The zero-order chi connectivity index (χ0) is 11.3. The molecule has 0 bridgehead atoms. The van der Waals surface area contributed by atoms with Crippen LogP contribution in [0.1, 0.15) is 5.56 Å². The third-order valence-corrected chi connectivity index (χ3v) is 1.75. The number of carboxylic acid groups (broad SMARTS) is 1. The molecule has 0 saturated heterocycles. The number of ether oxygens (including phenoxy) is 1. The minimum absolute atomic E-state index is 0.113. The van der Waals surface area contributed by atoms with Crippen LogP contribution in [-0.4, -0.2) is 18.2 Å². The largest absolute Gasteiger partial charge is 0.496 e. The van der Waals surface area contributed by atoms with Crippen LogP contribution in [0.15, 0.2) is 23.3 Å². The van der Waals surface area contributed by atoms with Gasteiger partial charge in [-0.3, -0.25) is 4.79 Å². The number of hydrogen-bond donors (Lipinski definition) is 1. The molecule has 0 radical (unpaired) electrons. The lowest BCUT2D eigenvalue weighted by Crippen LogP contribution is -1.99. The number of nitrogens with zero attached hydrogens (tertiary/aromatic N) is 3. The van der Waals surface area contributed by atoms with E-state index in [0.29, 0.717) is 17.0 Å². The fourth-order valence-corrected chi connectivity index (χ4v) is 1.15. The number of azide groups is 1. The van der Waals surface area contributed by atoms with E-state index in [1.807, 2.05) is 0 Å². The maximum Gasteiger partial charge on any atom is 0.307 e. The van der Waals surface area contributed by atoms with Crippen LogP contribution in [0.25, 0.3) is 10.4 Å². The predicted octanol–water partition coefficient (Wildman–Crippen LogP) is 2.26. The molecule has 0 heterocycles. The number of aliphatic carboxylic acids is 1. The molecule has 0 aromatic heterocycles. The lowest BCUT2D eigenvalue weighted by Gasteiger charge is -2.05. The van der Waals surface area contributed by atoms with E-state index in [1.54, 1.807) is 12.1 Å². The Balaban J connectivity index is 3.09. The van der Waals surface area contributed by atoms with Crippen LogP contribution in [0, 0.1) is 0 Å². The van der Waals surface area contributed by atoms with Gasteiger partial charge in [-0.05, 0) is 23.2 Å². The molecule has 78 valence electrons. The third-order valence-electron chi connectivity index (χ3n) is 1.75. The summed E-state index contributed by atoms with van der Waals surface area (Å²) < 4.78 is 4.95. The molecule has 1 aromatic rings. The highest BCUT2D eigenvalue weighted by Gasteiger charge is 2.05. The van der Waals surface area contributed by atoms with E-state index < -0.39 is 5.97 Å². The smallest absolute Gasteiger partial charge is 0.307 e. The van der Waals surface area contributed by atoms with Crippen LogP contribution in [-0.2, 0) is 11.2 Å². The van der Waals surface area contributed by atoms with Gasteiger partial charge in [0.25, 0.3) is 0 Å². The Morgan fingerprint density at radius 2 is 2.40 bits per heavy atom. The standard InChI is InChI=1S/C9H9N3O3/c1-15-8-3-2-6(5-9(13)14)4-7(8)11-12-10/h2-4H,5H2,1H3,(H,13,14). The summed E-state index contributed by atoms with van der Waals surface area (Å²) in [6, 6.07) is 4.68. The second-order valence-electron chi connectivity index (χ2n) is 2.77. The maximum absolute atomic E-state index is 10.5. The average Bonchev–Trinajstić information content (AvgIpc) is 2.18. The van der Waals surface area contributed by atoms with E-state index in [1.165, 1.54) is 13.2 Å². The third kappa shape index (κ3) is 2.89. The van der Waals surface area contributed by atoms with Crippen molar-refractivity contribution in [1.82, 2.24) is 0 Å². The first-order valence-corrected chi connectivity index (χ1v) is 4.11. The summed E-state index contributed by atoms with van der Waals surface area (Å²) in [5, 5.41) is 12.0. The van der Waals surface area contributed by atoms with Gasteiger partial charge in [-0.15, -0.1) is 0 Å². The van der Waals surface area contributed by atoms with E-state index in [2.05, 4.69) is 10.0 Å². The summed E-state index contributed by atoms with van der Waals surface area (Å²) >= 11 is 0. The lowest BCUT2D eigenvalue weighted by atomic mass is 10.1. The van der Waals surface area contributed by atoms with Gasteiger partial charge in [-0.2, -0.15) is 0 Å². The predicted molar refractivity (Wildman–Crippen MR) is 53.1 cm³/mol. The van der Waals surface area contributed by atoms with Crippen LogP contribution in [0.5, 0.6) is 5.75 Å². The molecule has 1 N–H and O–H groups in total. The van der Waals surface area contributed by atoms with Gasteiger partial charge in [-0.1, -0.05) is 11.2 Å². The van der Waals surface area contributed by atoms with E-state index in [-0.39, 0.29) is 6.42 Å². The van der Waals surface area contributed by atoms with Gasteiger partial charge in [0.15, 0.2) is 0 Å². The molecule has 0 aliphatic heterocycles. The quantitative estimate of drug-likeness (QED) is 0.466. The molecule has 1 rings (SSSR count). The number of rotatable bonds is 4. The van der Waals surface area contributed by atoms with Gasteiger partial charge in [-0.25, -0.2) is 0 Å². The second-order valence-corrected chi connectivity index (χ2v) is 2.77. The van der Waals surface area contributed by atoms with Crippen molar-refractivity contribution in [1.29, 1.82) is 0 Å². The minimum Gasteiger partial charge on any atom is -0.496 e.